The van der Waals surface area contributed by atoms with Crippen LogP contribution in [-0.4, -0.2) is 13.1 Å². The average molecular weight is 155 g/mol. The molecule has 0 aromatic carbocycles. The summed E-state index contributed by atoms with van der Waals surface area (Å²) in [7, 11) is 2.08. The van der Waals surface area contributed by atoms with E-state index in [9.17, 15) is 0 Å². The smallest absolute Gasteiger partial charge is 0.00962 e. The van der Waals surface area contributed by atoms with Gasteiger partial charge in [-0.25, -0.2) is 0 Å². The molecule has 1 N–H and O–H groups in total. The average Bonchev–Trinajstić information content (AvgIpc) is 2.68. The second-order valence-corrected chi connectivity index (χ2v) is 4.02. The second kappa shape index (κ2) is 4.10. The summed E-state index contributed by atoms with van der Waals surface area (Å²) in [5.74, 6) is 1.95. The Morgan fingerprint density at radius 2 is 2.27 bits per heavy atom. The van der Waals surface area contributed by atoms with Crippen LogP contribution in [0.5, 0.6) is 0 Å². The maximum atomic E-state index is 3.34. The van der Waals surface area contributed by atoms with Crippen molar-refractivity contribution in [2.45, 2.75) is 45.6 Å². The second-order valence-electron chi connectivity index (χ2n) is 4.02. The molecule has 3 atom stereocenters. The molecule has 0 bridgehead atoms. The Morgan fingerprint density at radius 1 is 1.55 bits per heavy atom. The summed E-state index contributed by atoms with van der Waals surface area (Å²) in [4.78, 5) is 0. The van der Waals surface area contributed by atoms with Gasteiger partial charge in [-0.1, -0.05) is 26.7 Å². The maximum Gasteiger partial charge on any atom is 0.00962 e. The van der Waals surface area contributed by atoms with Crippen LogP contribution in [0.15, 0.2) is 0 Å². The van der Waals surface area contributed by atoms with E-state index in [1.54, 1.807) is 0 Å². The SMILES string of the molecule is CCCC(C)CC1CC1NC. The van der Waals surface area contributed by atoms with Crippen molar-refractivity contribution in [3.8, 4) is 0 Å². The van der Waals surface area contributed by atoms with Gasteiger partial charge in [-0.3, -0.25) is 0 Å². The van der Waals surface area contributed by atoms with E-state index >= 15 is 0 Å². The van der Waals surface area contributed by atoms with E-state index in [0.717, 1.165) is 17.9 Å². The first-order valence-corrected chi connectivity index (χ1v) is 4.95. The van der Waals surface area contributed by atoms with Crippen molar-refractivity contribution in [2.75, 3.05) is 7.05 Å². The van der Waals surface area contributed by atoms with E-state index in [2.05, 4.69) is 26.2 Å². The first-order valence-electron chi connectivity index (χ1n) is 4.95. The van der Waals surface area contributed by atoms with Crippen LogP contribution in [0, 0.1) is 11.8 Å². The van der Waals surface area contributed by atoms with Gasteiger partial charge in [-0.15, -0.1) is 0 Å². The first kappa shape index (κ1) is 9.05. The Bertz CT molecular complexity index is 111. The molecule has 1 rings (SSSR count). The van der Waals surface area contributed by atoms with Gasteiger partial charge < -0.3 is 5.32 Å². The molecule has 3 unspecified atom stereocenters. The van der Waals surface area contributed by atoms with Gasteiger partial charge in [0.1, 0.15) is 0 Å². The van der Waals surface area contributed by atoms with Crippen molar-refractivity contribution in [3.05, 3.63) is 0 Å². The highest BCUT2D eigenvalue weighted by molar-refractivity contribution is 4.92. The van der Waals surface area contributed by atoms with Crippen LogP contribution in [0.4, 0.5) is 0 Å². The fraction of sp³-hybridized carbons (Fsp3) is 1.00. The third-order valence-electron chi connectivity index (χ3n) is 2.78. The molecule has 1 heteroatoms. The largest absolute Gasteiger partial charge is 0.317 e. The zero-order valence-corrected chi connectivity index (χ0v) is 8.06. The van der Waals surface area contributed by atoms with E-state index in [0.29, 0.717) is 0 Å². The van der Waals surface area contributed by atoms with E-state index in [4.69, 9.17) is 0 Å². The van der Waals surface area contributed by atoms with Gasteiger partial charge in [0.15, 0.2) is 0 Å². The van der Waals surface area contributed by atoms with Crippen molar-refractivity contribution < 1.29 is 0 Å². The summed E-state index contributed by atoms with van der Waals surface area (Å²) in [5, 5.41) is 3.34. The summed E-state index contributed by atoms with van der Waals surface area (Å²) >= 11 is 0. The minimum Gasteiger partial charge on any atom is -0.317 e. The molecule has 11 heavy (non-hydrogen) atoms. The van der Waals surface area contributed by atoms with Crippen molar-refractivity contribution in [3.63, 3.8) is 0 Å². The summed E-state index contributed by atoms with van der Waals surface area (Å²) in [6.07, 6.45) is 5.62. The maximum absolute atomic E-state index is 3.34. The molecule has 0 heterocycles. The molecule has 0 spiro atoms. The lowest BCUT2D eigenvalue weighted by Crippen LogP contribution is -2.11. The molecule has 1 saturated carbocycles. The summed E-state index contributed by atoms with van der Waals surface area (Å²) in [6, 6.07) is 0.856. The molecule has 0 amide bonds. The van der Waals surface area contributed by atoms with Gasteiger partial charge in [-0.05, 0) is 31.7 Å². The monoisotopic (exact) mass is 155 g/mol. The van der Waals surface area contributed by atoms with Crippen molar-refractivity contribution >= 4 is 0 Å². The molecule has 0 saturated heterocycles. The van der Waals surface area contributed by atoms with Gasteiger partial charge >= 0.3 is 0 Å². The minimum absolute atomic E-state index is 0.856. The minimum atomic E-state index is 0.856. The molecule has 0 aliphatic heterocycles. The van der Waals surface area contributed by atoms with Crippen LogP contribution in [0.3, 0.4) is 0 Å². The van der Waals surface area contributed by atoms with Crippen LogP contribution in [0.1, 0.15) is 39.5 Å². The molecule has 1 aliphatic rings. The van der Waals surface area contributed by atoms with Gasteiger partial charge in [0, 0.05) is 6.04 Å². The summed E-state index contributed by atoms with van der Waals surface area (Å²) in [6.45, 7) is 4.66. The highest BCUT2D eigenvalue weighted by Crippen LogP contribution is 2.36. The molecule has 66 valence electrons. The number of nitrogens with one attached hydrogen (secondary N) is 1. The molecular weight excluding hydrogens is 134 g/mol. The van der Waals surface area contributed by atoms with Gasteiger partial charge in [0.05, 0.1) is 0 Å². The Hall–Kier alpha value is -0.0400. The highest BCUT2D eigenvalue weighted by atomic mass is 14.9. The van der Waals surface area contributed by atoms with E-state index in [1.807, 2.05) is 0 Å². The van der Waals surface area contributed by atoms with E-state index < -0.39 is 0 Å². The third-order valence-corrected chi connectivity index (χ3v) is 2.78. The Labute approximate surface area is 70.6 Å². The van der Waals surface area contributed by atoms with Gasteiger partial charge in [-0.2, -0.15) is 0 Å². The van der Waals surface area contributed by atoms with Crippen molar-refractivity contribution in [1.29, 1.82) is 0 Å². The van der Waals surface area contributed by atoms with E-state index in [-0.39, 0.29) is 0 Å². The normalized spacial score (nSPS) is 31.9. The predicted octanol–water partition coefficient (Wildman–Crippen LogP) is 2.42. The van der Waals surface area contributed by atoms with Gasteiger partial charge in [0.25, 0.3) is 0 Å². The molecule has 1 fully saturated rings. The fourth-order valence-electron chi connectivity index (χ4n) is 1.99. The lowest BCUT2D eigenvalue weighted by molar-refractivity contribution is 0.447. The van der Waals surface area contributed by atoms with Crippen molar-refractivity contribution in [2.24, 2.45) is 11.8 Å². The van der Waals surface area contributed by atoms with Crippen LogP contribution in [0.2, 0.25) is 0 Å². The van der Waals surface area contributed by atoms with Gasteiger partial charge in [0.2, 0.25) is 0 Å². The molecule has 0 aromatic rings. The van der Waals surface area contributed by atoms with Crippen LogP contribution in [-0.2, 0) is 0 Å². The fourth-order valence-corrected chi connectivity index (χ4v) is 1.99. The van der Waals surface area contributed by atoms with Crippen LogP contribution >= 0.6 is 0 Å². The number of rotatable bonds is 5. The van der Waals surface area contributed by atoms with Crippen LogP contribution in [0.25, 0.3) is 0 Å². The quantitative estimate of drug-likeness (QED) is 0.643. The zero-order valence-electron chi connectivity index (χ0n) is 8.06. The lowest BCUT2D eigenvalue weighted by atomic mass is 9.99. The predicted molar refractivity (Wildman–Crippen MR) is 49.6 cm³/mol. The number of hydrogen-bond donors (Lipinski definition) is 1. The summed E-state index contributed by atoms with van der Waals surface area (Å²) < 4.78 is 0. The van der Waals surface area contributed by atoms with E-state index in [1.165, 1.54) is 25.7 Å². The molecule has 1 aliphatic carbocycles. The Balaban J connectivity index is 2.03. The Morgan fingerprint density at radius 3 is 2.73 bits per heavy atom. The third kappa shape index (κ3) is 2.82. The highest BCUT2D eigenvalue weighted by Gasteiger charge is 2.35. The summed E-state index contributed by atoms with van der Waals surface area (Å²) in [5.41, 5.74) is 0. The number of hydrogen-bond acceptors (Lipinski definition) is 1. The molecule has 1 nitrogen and oxygen atoms in total. The zero-order chi connectivity index (χ0) is 8.27. The molecule has 0 radical (unpaired) electrons. The molecule has 0 aromatic heterocycles. The topological polar surface area (TPSA) is 12.0 Å². The first-order chi connectivity index (χ1) is 5.27. The van der Waals surface area contributed by atoms with Crippen LogP contribution < -0.4 is 5.32 Å². The van der Waals surface area contributed by atoms with Crippen molar-refractivity contribution in [1.82, 2.24) is 5.32 Å². The lowest BCUT2D eigenvalue weighted by Gasteiger charge is -2.08. The standard InChI is InChI=1S/C10H21N/c1-4-5-8(2)6-9-7-10(9)11-3/h8-11H,4-7H2,1-3H3. The Kier molecular flexibility index (Phi) is 3.38. The molecular formula is C10H21N.